The number of benzene rings is 1. The van der Waals surface area contributed by atoms with Gasteiger partial charge < -0.3 is 15.3 Å². The lowest BCUT2D eigenvalue weighted by Gasteiger charge is -2.30. The van der Waals surface area contributed by atoms with Crippen LogP contribution in [0.4, 0.5) is 19.3 Å². The van der Waals surface area contributed by atoms with Crippen LogP contribution in [0.1, 0.15) is 47.6 Å². The van der Waals surface area contributed by atoms with E-state index in [1.165, 1.54) is 11.0 Å². The predicted molar refractivity (Wildman–Crippen MR) is 89.5 cm³/mol. The Balaban J connectivity index is 1.75. The van der Waals surface area contributed by atoms with Gasteiger partial charge in [-0.15, -0.1) is 0 Å². The Kier molecular flexibility index (Phi) is 3.78. The average Bonchev–Trinajstić information content (AvgIpc) is 3.37. The summed E-state index contributed by atoms with van der Waals surface area (Å²) in [6.45, 7) is 0.762. The molecule has 0 saturated heterocycles. The van der Waals surface area contributed by atoms with Gasteiger partial charge in [0, 0.05) is 36.5 Å². The number of carboxylic acid groups (broad SMARTS) is 1. The zero-order valence-electron chi connectivity index (χ0n) is 12.9. The molecule has 1 amide bonds. The Hall–Kier alpha value is -1.63. The summed E-state index contributed by atoms with van der Waals surface area (Å²) in [5, 5.41) is 12.5. The third kappa shape index (κ3) is 2.49. The molecule has 24 heavy (non-hydrogen) atoms. The summed E-state index contributed by atoms with van der Waals surface area (Å²) in [7, 11) is 0. The van der Waals surface area contributed by atoms with Crippen LogP contribution in [0.2, 0.25) is 0 Å². The van der Waals surface area contributed by atoms with Crippen molar-refractivity contribution in [2.24, 2.45) is 0 Å². The lowest BCUT2D eigenvalue weighted by Crippen LogP contribution is -2.30. The number of amides is 1. The van der Waals surface area contributed by atoms with Gasteiger partial charge in [0.2, 0.25) is 0 Å². The Morgan fingerprint density at radius 3 is 2.67 bits per heavy atom. The highest BCUT2D eigenvalue weighted by Gasteiger charge is 2.37. The Morgan fingerprint density at radius 2 is 2.00 bits per heavy atom. The monoisotopic (exact) mass is 398 g/mol. The molecule has 2 aliphatic heterocycles. The van der Waals surface area contributed by atoms with Gasteiger partial charge >= 0.3 is 6.09 Å². The van der Waals surface area contributed by atoms with E-state index in [1.807, 2.05) is 0 Å². The molecule has 1 unspecified atom stereocenters. The second-order valence-corrected chi connectivity index (χ2v) is 7.50. The summed E-state index contributed by atoms with van der Waals surface area (Å²) in [6.07, 6.45) is 2.08. The fourth-order valence-corrected chi connectivity index (χ4v) is 4.56. The first-order chi connectivity index (χ1) is 11.5. The fraction of sp³-hybridized carbons (Fsp3) is 0.471. The van der Waals surface area contributed by atoms with Crippen molar-refractivity contribution in [1.82, 2.24) is 4.90 Å². The first-order valence-electron chi connectivity index (χ1n) is 8.10. The molecule has 128 valence electrons. The molecule has 1 aromatic rings. The van der Waals surface area contributed by atoms with Gasteiger partial charge in [0.05, 0.1) is 4.83 Å². The summed E-state index contributed by atoms with van der Waals surface area (Å²) >= 11 is 3.54. The van der Waals surface area contributed by atoms with Crippen molar-refractivity contribution < 1.29 is 18.7 Å². The molecule has 1 atom stereocenters. The molecule has 2 N–H and O–H groups in total. The third-order valence-electron chi connectivity index (χ3n) is 5.08. The zero-order valence-corrected chi connectivity index (χ0v) is 14.5. The van der Waals surface area contributed by atoms with E-state index in [1.54, 1.807) is 0 Å². The second kappa shape index (κ2) is 5.72. The maximum atomic E-state index is 14.5. The molecular weight excluding hydrogens is 382 g/mol. The van der Waals surface area contributed by atoms with Gasteiger partial charge in [-0.05, 0) is 42.4 Å². The number of halogens is 3. The van der Waals surface area contributed by atoms with Crippen LogP contribution in [0.3, 0.4) is 0 Å². The highest BCUT2D eigenvalue weighted by Crippen LogP contribution is 2.52. The minimum atomic E-state index is -0.950. The van der Waals surface area contributed by atoms with Crippen LogP contribution in [0.25, 0.3) is 0 Å². The SMILES string of the molecule is O=C(O)N1CCC2=C(CC1)C(Br)c1c(F)c(F)cc(C3CC3)c1N2. The molecule has 1 saturated carbocycles. The van der Waals surface area contributed by atoms with Crippen molar-refractivity contribution in [2.75, 3.05) is 18.4 Å². The van der Waals surface area contributed by atoms with Crippen molar-refractivity contribution >= 4 is 27.7 Å². The number of rotatable bonds is 1. The van der Waals surface area contributed by atoms with E-state index in [0.29, 0.717) is 37.2 Å². The molecule has 2 heterocycles. The molecular formula is C17H17BrF2N2O2. The first kappa shape index (κ1) is 15.9. The molecule has 3 aliphatic rings. The fourth-order valence-electron chi connectivity index (χ4n) is 3.62. The highest BCUT2D eigenvalue weighted by molar-refractivity contribution is 9.09. The summed E-state index contributed by atoms with van der Waals surface area (Å²) in [5.41, 5.74) is 3.66. The van der Waals surface area contributed by atoms with E-state index in [9.17, 15) is 18.7 Å². The smallest absolute Gasteiger partial charge is 0.407 e. The van der Waals surface area contributed by atoms with E-state index in [0.717, 1.165) is 29.7 Å². The number of nitrogens with one attached hydrogen (secondary N) is 1. The number of nitrogens with zero attached hydrogens (tertiary/aromatic N) is 1. The maximum absolute atomic E-state index is 14.5. The Bertz CT molecular complexity index is 761. The molecule has 1 aliphatic carbocycles. The highest BCUT2D eigenvalue weighted by atomic mass is 79.9. The van der Waals surface area contributed by atoms with Crippen molar-refractivity contribution in [3.05, 3.63) is 40.1 Å². The van der Waals surface area contributed by atoms with Gasteiger partial charge in [0.15, 0.2) is 11.6 Å². The minimum absolute atomic E-state index is 0.282. The van der Waals surface area contributed by atoms with Crippen molar-refractivity contribution in [1.29, 1.82) is 0 Å². The van der Waals surface area contributed by atoms with E-state index in [4.69, 9.17) is 0 Å². The summed E-state index contributed by atoms with van der Waals surface area (Å²) in [5.74, 6) is -1.36. The van der Waals surface area contributed by atoms with Gasteiger partial charge in [-0.1, -0.05) is 15.9 Å². The minimum Gasteiger partial charge on any atom is -0.465 e. The quantitative estimate of drug-likeness (QED) is 0.672. The zero-order chi connectivity index (χ0) is 17.0. The van der Waals surface area contributed by atoms with Crippen LogP contribution in [-0.4, -0.2) is 29.2 Å². The number of fused-ring (bicyclic) bond motifs is 1. The molecule has 0 spiro atoms. The van der Waals surface area contributed by atoms with E-state index in [2.05, 4.69) is 21.2 Å². The number of hydrogen-bond donors (Lipinski definition) is 2. The van der Waals surface area contributed by atoms with Crippen molar-refractivity contribution in [2.45, 2.75) is 36.4 Å². The summed E-state index contributed by atoms with van der Waals surface area (Å²) in [4.78, 5) is 12.2. The van der Waals surface area contributed by atoms with E-state index >= 15 is 0 Å². The Morgan fingerprint density at radius 1 is 1.29 bits per heavy atom. The maximum Gasteiger partial charge on any atom is 0.407 e. The molecule has 4 rings (SSSR count). The third-order valence-corrected chi connectivity index (χ3v) is 6.09. The van der Waals surface area contributed by atoms with Crippen LogP contribution in [0.5, 0.6) is 0 Å². The van der Waals surface area contributed by atoms with Crippen molar-refractivity contribution in [3.63, 3.8) is 0 Å². The van der Waals surface area contributed by atoms with Crippen LogP contribution in [0, 0.1) is 11.6 Å². The van der Waals surface area contributed by atoms with Gasteiger partial charge in [0.25, 0.3) is 0 Å². The molecule has 0 bridgehead atoms. The summed E-state index contributed by atoms with van der Waals surface area (Å²) in [6, 6.07) is 1.31. The molecule has 7 heteroatoms. The topological polar surface area (TPSA) is 52.6 Å². The Labute approximate surface area is 146 Å². The van der Waals surface area contributed by atoms with Crippen LogP contribution in [0.15, 0.2) is 17.3 Å². The summed E-state index contributed by atoms with van der Waals surface area (Å²) < 4.78 is 28.6. The van der Waals surface area contributed by atoms with E-state index < -0.39 is 22.6 Å². The average molecular weight is 399 g/mol. The molecule has 0 aromatic heterocycles. The van der Waals surface area contributed by atoms with Gasteiger partial charge in [-0.3, -0.25) is 0 Å². The van der Waals surface area contributed by atoms with Gasteiger partial charge in [-0.25, -0.2) is 13.6 Å². The predicted octanol–water partition coefficient (Wildman–Crippen LogP) is 4.73. The molecule has 0 radical (unpaired) electrons. The largest absolute Gasteiger partial charge is 0.465 e. The molecule has 1 aromatic carbocycles. The number of anilines is 1. The molecule has 4 nitrogen and oxygen atoms in total. The van der Waals surface area contributed by atoms with Crippen LogP contribution < -0.4 is 5.32 Å². The number of hydrogen-bond acceptors (Lipinski definition) is 2. The van der Waals surface area contributed by atoms with Gasteiger partial charge in [0.1, 0.15) is 0 Å². The lowest BCUT2D eigenvalue weighted by molar-refractivity contribution is 0.147. The number of carbonyl (C=O) groups is 1. The first-order valence-corrected chi connectivity index (χ1v) is 9.01. The number of alkyl halides is 1. The van der Waals surface area contributed by atoms with Gasteiger partial charge in [-0.2, -0.15) is 0 Å². The van der Waals surface area contributed by atoms with Crippen LogP contribution in [-0.2, 0) is 0 Å². The van der Waals surface area contributed by atoms with E-state index in [-0.39, 0.29) is 5.92 Å². The standard InChI is InChI=1S/C17H17BrF2N2O2/c18-14-9-3-5-22(17(23)24)6-4-12(9)21-16-10(8-1-2-8)7-11(19)15(20)13(14)16/h7-8,14,21H,1-6H2,(H,23,24). The van der Waals surface area contributed by atoms with Crippen molar-refractivity contribution in [3.8, 4) is 0 Å². The second-order valence-electron chi connectivity index (χ2n) is 6.59. The molecule has 1 fully saturated rings. The lowest BCUT2D eigenvalue weighted by atomic mass is 9.90. The normalized spacial score (nSPS) is 23.3. The van der Waals surface area contributed by atoms with Crippen LogP contribution >= 0.6 is 15.9 Å².